The summed E-state index contributed by atoms with van der Waals surface area (Å²) in [6.45, 7) is 1.64. The molecule has 1 amide bonds. The van der Waals surface area contributed by atoms with Gasteiger partial charge in [-0.3, -0.25) is 0 Å². The number of benzene rings is 2. The van der Waals surface area contributed by atoms with E-state index in [1.165, 1.54) is 6.92 Å². The van der Waals surface area contributed by atoms with E-state index in [4.69, 9.17) is 11.2 Å². The highest BCUT2D eigenvalue weighted by Crippen LogP contribution is 2.44. The van der Waals surface area contributed by atoms with Crippen LogP contribution in [-0.4, -0.2) is 29.3 Å². The molecule has 5 heteroatoms. The van der Waals surface area contributed by atoms with Crippen LogP contribution in [0.25, 0.3) is 11.1 Å². The molecule has 0 spiro atoms. The highest BCUT2D eigenvalue weighted by atomic mass is 16.5. The van der Waals surface area contributed by atoms with Gasteiger partial charge in [-0.2, -0.15) is 0 Å². The van der Waals surface area contributed by atoms with E-state index in [0.29, 0.717) is 19.3 Å². The fourth-order valence-corrected chi connectivity index (χ4v) is 3.79. The van der Waals surface area contributed by atoms with Crippen molar-refractivity contribution in [1.82, 2.24) is 5.32 Å². The van der Waals surface area contributed by atoms with Gasteiger partial charge in [0.1, 0.15) is 12.1 Å². The van der Waals surface area contributed by atoms with E-state index >= 15 is 0 Å². The first-order valence-corrected chi connectivity index (χ1v) is 9.76. The fraction of sp³-hybridized carbons (Fsp3) is 0.333. The number of alkyl carbamates (subject to hydrolysis) is 1. The van der Waals surface area contributed by atoms with Gasteiger partial charge >= 0.3 is 12.1 Å². The Morgan fingerprint density at radius 3 is 2.24 bits per heavy atom. The number of fused-ring (bicyclic) bond motifs is 3. The Labute approximate surface area is 171 Å². The highest BCUT2D eigenvalue weighted by Gasteiger charge is 2.35. The summed E-state index contributed by atoms with van der Waals surface area (Å²) in [5, 5.41) is 12.1. The zero-order valence-corrected chi connectivity index (χ0v) is 16.5. The van der Waals surface area contributed by atoms with Gasteiger partial charge < -0.3 is 15.2 Å². The summed E-state index contributed by atoms with van der Waals surface area (Å²) in [4.78, 5) is 24.1. The summed E-state index contributed by atoms with van der Waals surface area (Å²) in [6.07, 6.45) is 6.69. The molecular formula is C24H25NO4. The molecule has 0 aliphatic heterocycles. The Bertz CT molecular complexity index is 900. The van der Waals surface area contributed by atoms with E-state index in [2.05, 4.69) is 23.4 Å². The Morgan fingerprint density at radius 1 is 1.10 bits per heavy atom. The van der Waals surface area contributed by atoms with Gasteiger partial charge in [-0.1, -0.05) is 48.5 Å². The van der Waals surface area contributed by atoms with Crippen molar-refractivity contribution in [2.75, 3.05) is 6.61 Å². The maximum atomic E-state index is 12.4. The third kappa shape index (κ3) is 4.43. The first-order valence-electron chi connectivity index (χ1n) is 9.76. The largest absolute Gasteiger partial charge is 0.480 e. The van der Waals surface area contributed by atoms with Crippen molar-refractivity contribution in [2.45, 2.75) is 44.1 Å². The molecule has 3 rings (SSSR count). The number of terminal acetylenes is 1. The van der Waals surface area contributed by atoms with Crippen LogP contribution in [0.1, 0.15) is 49.7 Å². The van der Waals surface area contributed by atoms with Crippen molar-refractivity contribution in [2.24, 2.45) is 0 Å². The maximum absolute atomic E-state index is 12.4. The number of carboxylic acid groups (broad SMARTS) is 1. The number of rotatable bonds is 8. The topological polar surface area (TPSA) is 75.6 Å². The molecule has 0 heterocycles. The van der Waals surface area contributed by atoms with Crippen LogP contribution in [-0.2, 0) is 9.53 Å². The Kier molecular flexibility index (Phi) is 6.23. The quantitative estimate of drug-likeness (QED) is 0.511. The van der Waals surface area contributed by atoms with E-state index < -0.39 is 17.6 Å². The molecular weight excluding hydrogens is 366 g/mol. The first kappa shape index (κ1) is 20.5. The van der Waals surface area contributed by atoms with Crippen LogP contribution >= 0.6 is 0 Å². The molecule has 150 valence electrons. The second kappa shape index (κ2) is 8.83. The average Bonchev–Trinajstić information content (AvgIpc) is 3.03. The van der Waals surface area contributed by atoms with Gasteiger partial charge in [0.2, 0.25) is 0 Å². The van der Waals surface area contributed by atoms with E-state index in [1.807, 2.05) is 36.4 Å². The number of aliphatic carboxylic acids is 1. The lowest BCUT2D eigenvalue weighted by Crippen LogP contribution is -2.52. The molecule has 0 aromatic heterocycles. The molecule has 2 aromatic rings. The molecule has 5 nitrogen and oxygen atoms in total. The Hall–Kier alpha value is -3.26. The summed E-state index contributed by atoms with van der Waals surface area (Å²) in [7, 11) is 0. The van der Waals surface area contributed by atoms with Crippen molar-refractivity contribution in [3.05, 3.63) is 59.7 Å². The van der Waals surface area contributed by atoms with Gasteiger partial charge in [0.15, 0.2) is 0 Å². The second-order valence-corrected chi connectivity index (χ2v) is 7.50. The number of ether oxygens (including phenoxy) is 1. The molecule has 0 bridgehead atoms. The van der Waals surface area contributed by atoms with Gasteiger partial charge in [0.05, 0.1) is 0 Å². The minimum absolute atomic E-state index is 0.0696. The molecule has 1 atom stereocenters. The minimum atomic E-state index is -1.39. The van der Waals surface area contributed by atoms with E-state index in [-0.39, 0.29) is 18.9 Å². The zero-order chi connectivity index (χ0) is 20.9. The van der Waals surface area contributed by atoms with Crippen molar-refractivity contribution in [3.63, 3.8) is 0 Å². The van der Waals surface area contributed by atoms with Crippen LogP contribution in [0.2, 0.25) is 0 Å². The normalized spacial score (nSPS) is 14.2. The minimum Gasteiger partial charge on any atom is -0.480 e. The number of carboxylic acids is 1. The van der Waals surface area contributed by atoms with Crippen LogP contribution < -0.4 is 5.32 Å². The van der Waals surface area contributed by atoms with Gasteiger partial charge in [0, 0.05) is 12.3 Å². The molecule has 0 radical (unpaired) electrons. The molecule has 1 aliphatic carbocycles. The zero-order valence-electron chi connectivity index (χ0n) is 16.5. The number of unbranched alkanes of at least 4 members (excludes halogenated alkanes) is 2. The van der Waals surface area contributed by atoms with Gasteiger partial charge in [-0.15, -0.1) is 12.3 Å². The predicted molar refractivity (Wildman–Crippen MR) is 112 cm³/mol. The summed E-state index contributed by atoms with van der Waals surface area (Å²) in [5.74, 6) is 1.37. The van der Waals surface area contributed by atoms with Crippen molar-refractivity contribution in [1.29, 1.82) is 0 Å². The third-order valence-corrected chi connectivity index (χ3v) is 5.44. The van der Waals surface area contributed by atoms with Crippen LogP contribution in [0.15, 0.2) is 48.5 Å². The first-order chi connectivity index (χ1) is 14.0. The monoisotopic (exact) mass is 391 g/mol. The number of hydrogen-bond donors (Lipinski definition) is 2. The summed E-state index contributed by atoms with van der Waals surface area (Å²) in [5.41, 5.74) is 3.10. The van der Waals surface area contributed by atoms with E-state index in [1.54, 1.807) is 0 Å². The molecule has 1 aliphatic rings. The summed E-state index contributed by atoms with van der Waals surface area (Å²) >= 11 is 0. The lowest BCUT2D eigenvalue weighted by Gasteiger charge is -2.26. The summed E-state index contributed by atoms with van der Waals surface area (Å²) in [6, 6.07) is 16.1. The van der Waals surface area contributed by atoms with E-state index in [0.717, 1.165) is 22.3 Å². The molecule has 2 aromatic carbocycles. The Morgan fingerprint density at radius 2 is 1.69 bits per heavy atom. The van der Waals surface area contributed by atoms with Crippen LogP contribution in [0.4, 0.5) is 4.79 Å². The molecule has 0 saturated heterocycles. The van der Waals surface area contributed by atoms with Gasteiger partial charge in [-0.05, 0) is 48.4 Å². The van der Waals surface area contributed by atoms with Crippen LogP contribution in [0.5, 0.6) is 0 Å². The molecule has 0 saturated carbocycles. The second-order valence-electron chi connectivity index (χ2n) is 7.50. The van der Waals surface area contributed by atoms with Crippen molar-refractivity contribution < 1.29 is 19.4 Å². The third-order valence-electron chi connectivity index (χ3n) is 5.44. The van der Waals surface area contributed by atoms with Crippen LogP contribution in [0.3, 0.4) is 0 Å². The number of carbonyl (C=O) groups excluding carboxylic acids is 1. The van der Waals surface area contributed by atoms with Gasteiger partial charge in [-0.25, -0.2) is 9.59 Å². The smallest absolute Gasteiger partial charge is 0.408 e. The standard InChI is InChI=1S/C24H25NO4/c1-3-4-5-10-15-24(2,22(26)27)25-23(28)29-16-21-19-13-8-6-11-17(19)18-12-7-9-14-20(18)21/h1,6-9,11-14,21H,4-5,10,15-16H2,2H3,(H,25,28)(H,26,27)/t24-/m0/s1. The fourth-order valence-electron chi connectivity index (χ4n) is 3.79. The number of amides is 1. The molecule has 0 fully saturated rings. The SMILES string of the molecule is C#CCCCC[C@](C)(NC(=O)OCC1c2ccccc2-c2ccccc21)C(=O)O. The van der Waals surface area contributed by atoms with Crippen molar-refractivity contribution in [3.8, 4) is 23.5 Å². The van der Waals surface area contributed by atoms with Crippen molar-refractivity contribution >= 4 is 12.1 Å². The molecule has 29 heavy (non-hydrogen) atoms. The molecule has 0 unspecified atom stereocenters. The van der Waals surface area contributed by atoms with Crippen LogP contribution in [0, 0.1) is 12.3 Å². The number of hydrogen-bond acceptors (Lipinski definition) is 3. The lowest BCUT2D eigenvalue weighted by molar-refractivity contribution is -0.144. The lowest BCUT2D eigenvalue weighted by atomic mass is 9.94. The highest BCUT2D eigenvalue weighted by molar-refractivity contribution is 5.84. The maximum Gasteiger partial charge on any atom is 0.408 e. The van der Waals surface area contributed by atoms with Gasteiger partial charge in [0.25, 0.3) is 0 Å². The average molecular weight is 391 g/mol. The number of nitrogens with one attached hydrogen (secondary N) is 1. The Balaban J connectivity index is 1.66. The predicted octanol–water partition coefficient (Wildman–Crippen LogP) is 4.56. The van der Waals surface area contributed by atoms with E-state index in [9.17, 15) is 14.7 Å². The number of carbonyl (C=O) groups is 2. The summed E-state index contributed by atoms with van der Waals surface area (Å²) < 4.78 is 5.47. The molecule has 2 N–H and O–H groups in total.